The number of aryl methyl sites for hydroxylation is 2. The van der Waals surface area contributed by atoms with Crippen LogP contribution in [0.5, 0.6) is 0 Å². The van der Waals surface area contributed by atoms with Crippen LogP contribution in [0.25, 0.3) is 0 Å². The Morgan fingerprint density at radius 1 is 1.00 bits per heavy atom. The third-order valence-electron chi connectivity index (χ3n) is 6.29. The molecular formula is C23H28N2O3S. The summed E-state index contributed by atoms with van der Waals surface area (Å²) in [7, 11) is -3.68. The number of rotatable bonds is 4. The van der Waals surface area contributed by atoms with Crippen LogP contribution in [0.15, 0.2) is 47.4 Å². The van der Waals surface area contributed by atoms with E-state index in [0.717, 1.165) is 24.9 Å². The van der Waals surface area contributed by atoms with E-state index in [2.05, 4.69) is 4.72 Å². The van der Waals surface area contributed by atoms with Crippen molar-refractivity contribution in [2.24, 2.45) is 5.92 Å². The van der Waals surface area contributed by atoms with Crippen LogP contribution in [0.2, 0.25) is 0 Å². The molecule has 2 atom stereocenters. The molecule has 1 saturated heterocycles. The van der Waals surface area contributed by atoms with Crippen LogP contribution in [0.1, 0.15) is 53.6 Å². The number of amides is 1. The molecule has 6 heteroatoms. The molecule has 1 aliphatic heterocycles. The number of anilines is 1. The van der Waals surface area contributed by atoms with E-state index in [4.69, 9.17) is 0 Å². The molecule has 2 fully saturated rings. The minimum Gasteiger partial charge on any atom is -0.335 e. The second-order valence-electron chi connectivity index (χ2n) is 8.35. The summed E-state index contributed by atoms with van der Waals surface area (Å²) in [5, 5.41) is 0. The molecule has 2 aromatic carbocycles. The predicted octanol–water partition coefficient (Wildman–Crippen LogP) is 4.51. The molecule has 2 unspecified atom stereocenters. The van der Waals surface area contributed by atoms with E-state index in [1.165, 1.54) is 19.3 Å². The normalized spacial score (nSPS) is 21.7. The summed E-state index contributed by atoms with van der Waals surface area (Å²) < 4.78 is 28.2. The van der Waals surface area contributed by atoms with Gasteiger partial charge in [0.2, 0.25) is 0 Å². The lowest BCUT2D eigenvalue weighted by molar-refractivity contribution is 0.0690. The quantitative estimate of drug-likeness (QED) is 0.803. The van der Waals surface area contributed by atoms with Crippen molar-refractivity contribution in [2.75, 3.05) is 11.3 Å². The Labute approximate surface area is 173 Å². The van der Waals surface area contributed by atoms with E-state index in [1.54, 1.807) is 43.3 Å². The molecule has 2 aliphatic rings. The SMILES string of the molecule is Cc1ccc(C)c(S(=O)(=O)Nc2ccc(C(=O)N3CCC4CCCCC43)cc2)c1. The van der Waals surface area contributed by atoms with Gasteiger partial charge in [0.15, 0.2) is 0 Å². The van der Waals surface area contributed by atoms with Crippen LogP contribution in [0.4, 0.5) is 5.69 Å². The lowest BCUT2D eigenvalue weighted by atomic mass is 9.85. The van der Waals surface area contributed by atoms with Crippen molar-refractivity contribution in [3.63, 3.8) is 0 Å². The van der Waals surface area contributed by atoms with Crippen LogP contribution in [-0.4, -0.2) is 31.8 Å². The van der Waals surface area contributed by atoms with Gasteiger partial charge in [0.1, 0.15) is 0 Å². The number of likely N-dealkylation sites (tertiary alicyclic amines) is 1. The van der Waals surface area contributed by atoms with Crippen molar-refractivity contribution in [3.05, 3.63) is 59.2 Å². The van der Waals surface area contributed by atoms with Crippen molar-refractivity contribution >= 4 is 21.6 Å². The largest absolute Gasteiger partial charge is 0.335 e. The van der Waals surface area contributed by atoms with E-state index in [0.29, 0.717) is 28.8 Å². The van der Waals surface area contributed by atoms with Crippen molar-refractivity contribution in [2.45, 2.75) is 56.9 Å². The van der Waals surface area contributed by atoms with Crippen molar-refractivity contribution in [1.82, 2.24) is 4.90 Å². The zero-order valence-electron chi connectivity index (χ0n) is 17.0. The molecule has 0 aromatic heterocycles. The van der Waals surface area contributed by atoms with E-state index in [-0.39, 0.29) is 10.8 Å². The van der Waals surface area contributed by atoms with Gasteiger partial charge >= 0.3 is 0 Å². The summed E-state index contributed by atoms with van der Waals surface area (Å²) in [6.07, 6.45) is 5.91. The minimum atomic E-state index is -3.68. The highest BCUT2D eigenvalue weighted by atomic mass is 32.2. The Morgan fingerprint density at radius 3 is 2.48 bits per heavy atom. The molecule has 2 aromatic rings. The summed E-state index contributed by atoms with van der Waals surface area (Å²) in [6.45, 7) is 4.48. The lowest BCUT2D eigenvalue weighted by Gasteiger charge is -2.31. The highest BCUT2D eigenvalue weighted by molar-refractivity contribution is 7.92. The molecule has 1 amide bonds. The number of benzene rings is 2. The molecule has 0 bridgehead atoms. The van der Waals surface area contributed by atoms with Crippen LogP contribution in [0.3, 0.4) is 0 Å². The Kier molecular flexibility index (Phi) is 5.38. The monoisotopic (exact) mass is 412 g/mol. The van der Waals surface area contributed by atoms with E-state index < -0.39 is 10.0 Å². The summed E-state index contributed by atoms with van der Waals surface area (Å²) in [4.78, 5) is 15.3. The van der Waals surface area contributed by atoms with Gasteiger partial charge < -0.3 is 4.90 Å². The topological polar surface area (TPSA) is 66.5 Å². The van der Waals surface area contributed by atoms with E-state index in [1.807, 2.05) is 17.9 Å². The van der Waals surface area contributed by atoms with Crippen LogP contribution in [-0.2, 0) is 10.0 Å². The maximum absolute atomic E-state index is 13.0. The first kappa shape index (κ1) is 20.0. The van der Waals surface area contributed by atoms with Gasteiger partial charge in [-0.1, -0.05) is 25.0 Å². The maximum atomic E-state index is 13.0. The number of carbonyl (C=O) groups excluding carboxylic acids is 1. The smallest absolute Gasteiger partial charge is 0.262 e. The molecule has 29 heavy (non-hydrogen) atoms. The van der Waals surface area contributed by atoms with Gasteiger partial charge in [-0.05, 0) is 80.5 Å². The molecule has 1 saturated carbocycles. The molecule has 1 aliphatic carbocycles. The fraction of sp³-hybridized carbons (Fsp3) is 0.435. The number of hydrogen-bond donors (Lipinski definition) is 1. The third kappa shape index (κ3) is 4.04. The average Bonchev–Trinajstić information content (AvgIpc) is 3.13. The molecule has 5 nitrogen and oxygen atoms in total. The highest BCUT2D eigenvalue weighted by Gasteiger charge is 2.38. The Bertz CT molecular complexity index is 1010. The molecule has 0 spiro atoms. The second-order valence-corrected chi connectivity index (χ2v) is 10.0. The average molecular weight is 413 g/mol. The van der Waals surface area contributed by atoms with E-state index in [9.17, 15) is 13.2 Å². The summed E-state index contributed by atoms with van der Waals surface area (Å²) >= 11 is 0. The first-order chi connectivity index (χ1) is 13.8. The molecule has 0 radical (unpaired) electrons. The number of nitrogens with one attached hydrogen (secondary N) is 1. The number of fused-ring (bicyclic) bond motifs is 1. The number of carbonyl (C=O) groups is 1. The van der Waals surface area contributed by atoms with Crippen LogP contribution >= 0.6 is 0 Å². The summed E-state index contributed by atoms with van der Waals surface area (Å²) in [6, 6.07) is 12.5. The molecule has 154 valence electrons. The zero-order valence-corrected chi connectivity index (χ0v) is 17.8. The Morgan fingerprint density at radius 2 is 1.72 bits per heavy atom. The van der Waals surface area contributed by atoms with Crippen molar-refractivity contribution < 1.29 is 13.2 Å². The summed E-state index contributed by atoms with van der Waals surface area (Å²) in [5.41, 5.74) is 2.67. The van der Waals surface area contributed by atoms with Crippen LogP contribution in [0, 0.1) is 19.8 Å². The standard InChI is InChI=1S/C23H28N2O3S/c1-16-7-8-17(2)22(15-16)29(27,28)24-20-11-9-19(10-12-20)23(26)25-14-13-18-5-3-4-6-21(18)25/h7-12,15,18,21,24H,3-6,13-14H2,1-2H3. The van der Waals surface area contributed by atoms with E-state index >= 15 is 0 Å². The first-order valence-corrected chi connectivity index (χ1v) is 11.8. The van der Waals surface area contributed by atoms with Gasteiger partial charge in [0.25, 0.3) is 15.9 Å². The maximum Gasteiger partial charge on any atom is 0.262 e. The Balaban J connectivity index is 1.49. The van der Waals surface area contributed by atoms with Crippen molar-refractivity contribution in [1.29, 1.82) is 0 Å². The Hall–Kier alpha value is -2.34. The van der Waals surface area contributed by atoms with Crippen molar-refractivity contribution in [3.8, 4) is 0 Å². The number of hydrogen-bond acceptors (Lipinski definition) is 3. The predicted molar refractivity (Wildman–Crippen MR) is 115 cm³/mol. The van der Waals surface area contributed by atoms with Crippen LogP contribution < -0.4 is 4.72 Å². The second kappa shape index (κ2) is 7.82. The molecular weight excluding hydrogens is 384 g/mol. The molecule has 1 heterocycles. The number of sulfonamides is 1. The van der Waals surface area contributed by atoms with Gasteiger partial charge in [0.05, 0.1) is 4.90 Å². The fourth-order valence-corrected chi connectivity index (χ4v) is 6.10. The zero-order chi connectivity index (χ0) is 20.6. The van der Waals surface area contributed by atoms with Gasteiger partial charge in [-0.2, -0.15) is 0 Å². The fourth-order valence-electron chi connectivity index (χ4n) is 4.71. The molecule has 1 N–H and O–H groups in total. The highest BCUT2D eigenvalue weighted by Crippen LogP contribution is 2.37. The van der Waals surface area contributed by atoms with Gasteiger partial charge in [-0.3, -0.25) is 9.52 Å². The third-order valence-corrected chi connectivity index (χ3v) is 7.81. The van der Waals surface area contributed by atoms with Gasteiger partial charge in [0, 0.05) is 23.8 Å². The molecule has 4 rings (SSSR count). The summed E-state index contributed by atoms with van der Waals surface area (Å²) in [5.74, 6) is 0.708. The first-order valence-electron chi connectivity index (χ1n) is 10.4. The minimum absolute atomic E-state index is 0.0586. The lowest BCUT2D eigenvalue weighted by Crippen LogP contribution is -2.39. The number of nitrogens with zero attached hydrogens (tertiary/aromatic N) is 1. The van der Waals surface area contributed by atoms with Gasteiger partial charge in [-0.15, -0.1) is 0 Å². The van der Waals surface area contributed by atoms with Gasteiger partial charge in [-0.25, -0.2) is 8.42 Å².